The third kappa shape index (κ3) is 2.34. The zero-order valence-electron chi connectivity index (χ0n) is 10.2. The van der Waals surface area contributed by atoms with Crippen molar-refractivity contribution in [1.82, 2.24) is 28.7 Å². The van der Waals surface area contributed by atoms with E-state index in [1.54, 1.807) is 11.4 Å². The summed E-state index contributed by atoms with van der Waals surface area (Å²) in [5.74, 6) is -0.230. The molecule has 1 N–H and O–H groups in total. The fourth-order valence-corrected chi connectivity index (χ4v) is 2.91. The van der Waals surface area contributed by atoms with E-state index < -0.39 is 0 Å². The Balaban J connectivity index is 1.70. The van der Waals surface area contributed by atoms with Crippen LogP contribution in [0.5, 0.6) is 0 Å². The van der Waals surface area contributed by atoms with E-state index in [4.69, 9.17) is 0 Å². The highest BCUT2D eigenvalue weighted by molar-refractivity contribution is 7.16. The van der Waals surface area contributed by atoms with Crippen molar-refractivity contribution < 1.29 is 4.79 Å². The van der Waals surface area contributed by atoms with Gasteiger partial charge in [0.15, 0.2) is 5.69 Å². The first-order valence-electron chi connectivity index (χ1n) is 5.52. The maximum atomic E-state index is 11.9. The van der Waals surface area contributed by atoms with Crippen molar-refractivity contribution in [2.45, 2.75) is 20.4 Å². The van der Waals surface area contributed by atoms with Crippen LogP contribution in [0.4, 0.5) is 0 Å². The summed E-state index contributed by atoms with van der Waals surface area (Å²) >= 11 is 2.55. The largest absolute Gasteiger partial charge is 0.345 e. The molecule has 0 bridgehead atoms. The van der Waals surface area contributed by atoms with Gasteiger partial charge >= 0.3 is 0 Å². The summed E-state index contributed by atoms with van der Waals surface area (Å²) in [6.07, 6.45) is 1.81. The monoisotopic (exact) mass is 294 g/mol. The second-order valence-corrected chi connectivity index (χ2v) is 5.65. The summed E-state index contributed by atoms with van der Waals surface area (Å²) in [5.41, 5.74) is 1.79. The molecule has 0 radical (unpaired) electrons. The first-order chi connectivity index (χ1) is 9.13. The van der Waals surface area contributed by atoms with Crippen LogP contribution in [0.3, 0.4) is 0 Å². The lowest BCUT2D eigenvalue weighted by molar-refractivity contribution is 0.0945. The van der Waals surface area contributed by atoms with Gasteiger partial charge in [0, 0.05) is 0 Å². The summed E-state index contributed by atoms with van der Waals surface area (Å²) in [6, 6.07) is 0. The van der Waals surface area contributed by atoms with E-state index in [1.165, 1.54) is 11.3 Å². The van der Waals surface area contributed by atoms with Crippen molar-refractivity contribution in [2.75, 3.05) is 0 Å². The molecule has 0 atom stereocenters. The van der Waals surface area contributed by atoms with Crippen LogP contribution < -0.4 is 5.32 Å². The van der Waals surface area contributed by atoms with Gasteiger partial charge in [-0.1, -0.05) is 11.3 Å². The average Bonchev–Trinajstić information content (AvgIpc) is 3.00. The van der Waals surface area contributed by atoms with E-state index in [-0.39, 0.29) is 5.91 Å². The molecule has 1 amide bonds. The van der Waals surface area contributed by atoms with Gasteiger partial charge in [0.05, 0.1) is 35.9 Å². The molecule has 0 aliphatic heterocycles. The van der Waals surface area contributed by atoms with Gasteiger partial charge in [-0.2, -0.15) is 13.8 Å². The molecule has 3 rings (SSSR count). The SMILES string of the molecule is Cc1nn2cc(CNC(=O)c3nsnc3C)nc2s1. The van der Waals surface area contributed by atoms with Crippen LogP contribution in [0.25, 0.3) is 4.96 Å². The Labute approximate surface area is 116 Å². The van der Waals surface area contributed by atoms with E-state index in [1.807, 2.05) is 13.1 Å². The molecule has 0 aliphatic carbocycles. The Kier molecular flexibility index (Phi) is 2.99. The number of aryl methyl sites for hydroxylation is 2. The maximum Gasteiger partial charge on any atom is 0.273 e. The molecule has 98 valence electrons. The molecule has 3 aromatic heterocycles. The minimum Gasteiger partial charge on any atom is -0.345 e. The quantitative estimate of drug-likeness (QED) is 0.784. The van der Waals surface area contributed by atoms with Gasteiger partial charge in [0.2, 0.25) is 4.96 Å². The molecule has 3 aromatic rings. The number of nitrogens with zero attached hydrogens (tertiary/aromatic N) is 5. The average molecular weight is 294 g/mol. The van der Waals surface area contributed by atoms with Gasteiger partial charge in [-0.15, -0.1) is 0 Å². The summed E-state index contributed by atoms with van der Waals surface area (Å²) in [5, 5.41) is 8.00. The minimum atomic E-state index is -0.230. The van der Waals surface area contributed by atoms with E-state index in [0.29, 0.717) is 17.9 Å². The lowest BCUT2D eigenvalue weighted by Crippen LogP contribution is -2.24. The first-order valence-corrected chi connectivity index (χ1v) is 7.07. The summed E-state index contributed by atoms with van der Waals surface area (Å²) in [4.78, 5) is 17.1. The van der Waals surface area contributed by atoms with Crippen molar-refractivity contribution in [1.29, 1.82) is 0 Å². The zero-order valence-corrected chi connectivity index (χ0v) is 11.9. The number of fused-ring (bicyclic) bond motifs is 1. The van der Waals surface area contributed by atoms with Gasteiger partial charge in [-0.3, -0.25) is 4.79 Å². The number of nitrogens with one attached hydrogen (secondary N) is 1. The smallest absolute Gasteiger partial charge is 0.273 e. The number of aromatic nitrogens is 5. The second-order valence-electron chi connectivity index (χ2n) is 3.96. The fourth-order valence-electron chi connectivity index (χ4n) is 1.62. The van der Waals surface area contributed by atoms with Gasteiger partial charge in [0.1, 0.15) is 5.01 Å². The Morgan fingerprint density at radius 1 is 1.42 bits per heavy atom. The maximum absolute atomic E-state index is 11.9. The van der Waals surface area contributed by atoms with Crippen LogP contribution >= 0.6 is 23.1 Å². The normalized spacial score (nSPS) is 11.1. The molecule has 7 nitrogen and oxygen atoms in total. The van der Waals surface area contributed by atoms with Crippen molar-refractivity contribution in [3.63, 3.8) is 0 Å². The molecule has 0 aliphatic rings. The van der Waals surface area contributed by atoms with E-state index in [0.717, 1.165) is 27.4 Å². The van der Waals surface area contributed by atoms with Gasteiger partial charge < -0.3 is 5.32 Å². The van der Waals surface area contributed by atoms with Gasteiger partial charge in [-0.25, -0.2) is 9.50 Å². The molecule has 9 heteroatoms. The minimum absolute atomic E-state index is 0.230. The standard InChI is InChI=1S/C10H10N6OS2/c1-5-8(15-19-14-5)9(17)11-3-7-4-16-10(12-7)18-6(2)13-16/h4H,3H2,1-2H3,(H,11,17). The number of imidazole rings is 1. The first kappa shape index (κ1) is 12.2. The molecule has 3 heterocycles. The Morgan fingerprint density at radius 3 is 2.95 bits per heavy atom. The molecule has 0 fully saturated rings. The Bertz CT molecular complexity index is 711. The predicted molar refractivity (Wildman–Crippen MR) is 71.4 cm³/mol. The van der Waals surface area contributed by atoms with E-state index in [2.05, 4.69) is 24.1 Å². The second kappa shape index (κ2) is 4.67. The molecule has 0 unspecified atom stereocenters. The third-order valence-electron chi connectivity index (χ3n) is 2.49. The fraction of sp³-hybridized carbons (Fsp3) is 0.300. The summed E-state index contributed by atoms with van der Waals surface area (Å²) in [6.45, 7) is 4.04. The Hall–Kier alpha value is -1.87. The summed E-state index contributed by atoms with van der Waals surface area (Å²) in [7, 11) is 0. The lowest BCUT2D eigenvalue weighted by atomic mass is 10.3. The number of rotatable bonds is 3. The van der Waals surface area contributed by atoms with Crippen LogP contribution in [-0.2, 0) is 6.54 Å². The van der Waals surface area contributed by atoms with Crippen LogP contribution in [0.1, 0.15) is 26.9 Å². The van der Waals surface area contributed by atoms with Crippen LogP contribution in [0, 0.1) is 13.8 Å². The van der Waals surface area contributed by atoms with Gasteiger partial charge in [-0.05, 0) is 13.8 Å². The van der Waals surface area contributed by atoms with Crippen molar-refractivity contribution in [2.24, 2.45) is 0 Å². The lowest BCUT2D eigenvalue weighted by Gasteiger charge is -2.00. The van der Waals surface area contributed by atoms with E-state index >= 15 is 0 Å². The van der Waals surface area contributed by atoms with Crippen molar-refractivity contribution >= 4 is 33.9 Å². The van der Waals surface area contributed by atoms with Crippen molar-refractivity contribution in [3.05, 3.63) is 28.3 Å². The molecule has 0 saturated heterocycles. The predicted octanol–water partition coefficient (Wildman–Crippen LogP) is 1.19. The molecule has 0 spiro atoms. The number of hydrogen-bond acceptors (Lipinski definition) is 7. The van der Waals surface area contributed by atoms with Crippen LogP contribution in [0.2, 0.25) is 0 Å². The number of carbonyl (C=O) groups is 1. The third-order valence-corrected chi connectivity index (χ3v) is 3.95. The topological polar surface area (TPSA) is 85.1 Å². The number of amides is 1. The van der Waals surface area contributed by atoms with Crippen molar-refractivity contribution in [3.8, 4) is 0 Å². The van der Waals surface area contributed by atoms with Crippen LogP contribution in [-0.4, -0.2) is 29.3 Å². The highest BCUT2D eigenvalue weighted by atomic mass is 32.1. The van der Waals surface area contributed by atoms with Crippen LogP contribution in [0.15, 0.2) is 6.20 Å². The molecular weight excluding hydrogens is 284 g/mol. The number of carbonyl (C=O) groups excluding carboxylic acids is 1. The molecule has 0 aromatic carbocycles. The summed E-state index contributed by atoms with van der Waals surface area (Å²) < 4.78 is 9.64. The van der Waals surface area contributed by atoms with E-state index in [9.17, 15) is 4.79 Å². The molecule has 0 saturated carbocycles. The molecular formula is C10H10N6OS2. The van der Waals surface area contributed by atoms with Gasteiger partial charge in [0.25, 0.3) is 5.91 Å². The number of hydrogen-bond donors (Lipinski definition) is 1. The highest BCUT2D eigenvalue weighted by Crippen LogP contribution is 2.13. The Morgan fingerprint density at radius 2 is 2.26 bits per heavy atom. The molecule has 19 heavy (non-hydrogen) atoms. The zero-order chi connectivity index (χ0) is 13.4. The highest BCUT2D eigenvalue weighted by Gasteiger charge is 2.14.